The number of carbonyl (C=O) groups is 1. The van der Waals surface area contributed by atoms with Crippen LogP contribution in [-0.4, -0.2) is 28.0 Å². The molecule has 0 saturated heterocycles. The second kappa shape index (κ2) is 6.85. The van der Waals surface area contributed by atoms with Crippen molar-refractivity contribution in [2.75, 3.05) is 18.6 Å². The highest BCUT2D eigenvalue weighted by Gasteiger charge is 2.24. The Bertz CT molecular complexity index is 909. The first-order valence-electron chi connectivity index (χ1n) is 7.94. The van der Waals surface area contributed by atoms with Gasteiger partial charge in [-0.25, -0.2) is 13.1 Å². The van der Waals surface area contributed by atoms with Crippen LogP contribution < -0.4 is 14.4 Å². The van der Waals surface area contributed by atoms with Gasteiger partial charge in [-0.3, -0.25) is 4.79 Å². The van der Waals surface area contributed by atoms with Crippen LogP contribution in [0, 0.1) is 0 Å². The Morgan fingerprint density at radius 3 is 2.76 bits per heavy atom. The third kappa shape index (κ3) is 3.67. The second-order valence-corrected chi connectivity index (χ2v) is 7.65. The van der Waals surface area contributed by atoms with Crippen LogP contribution in [0.5, 0.6) is 5.75 Å². The van der Waals surface area contributed by atoms with Crippen LogP contribution in [-0.2, 0) is 27.8 Å². The van der Waals surface area contributed by atoms with Gasteiger partial charge in [-0.05, 0) is 47.9 Å². The van der Waals surface area contributed by atoms with E-state index in [4.69, 9.17) is 4.74 Å². The number of anilines is 1. The van der Waals surface area contributed by atoms with Gasteiger partial charge >= 0.3 is 0 Å². The summed E-state index contributed by atoms with van der Waals surface area (Å²) in [5, 5.41) is 0. The van der Waals surface area contributed by atoms with Crippen molar-refractivity contribution in [1.82, 2.24) is 4.72 Å². The fourth-order valence-electron chi connectivity index (χ4n) is 2.92. The molecule has 25 heavy (non-hydrogen) atoms. The quantitative estimate of drug-likeness (QED) is 0.886. The molecule has 0 radical (unpaired) electrons. The summed E-state index contributed by atoms with van der Waals surface area (Å²) in [5.74, 6) is 0.643. The molecule has 0 aromatic heterocycles. The van der Waals surface area contributed by atoms with Crippen LogP contribution in [0.2, 0.25) is 0 Å². The number of benzene rings is 2. The van der Waals surface area contributed by atoms with E-state index in [-0.39, 0.29) is 17.3 Å². The molecule has 7 heteroatoms. The molecule has 132 valence electrons. The molecule has 1 aliphatic rings. The molecule has 0 spiro atoms. The maximum absolute atomic E-state index is 12.6. The second-order valence-electron chi connectivity index (χ2n) is 5.89. The van der Waals surface area contributed by atoms with E-state index in [2.05, 4.69) is 4.72 Å². The van der Waals surface area contributed by atoms with E-state index in [1.807, 2.05) is 12.1 Å². The number of hydrogen-bond donors (Lipinski definition) is 1. The van der Waals surface area contributed by atoms with Gasteiger partial charge in [0.15, 0.2) is 0 Å². The maximum Gasteiger partial charge on any atom is 0.240 e. The maximum atomic E-state index is 12.6. The number of hydrogen-bond acceptors (Lipinski definition) is 4. The van der Waals surface area contributed by atoms with Crippen LogP contribution in [0.3, 0.4) is 0 Å². The smallest absolute Gasteiger partial charge is 0.240 e. The lowest BCUT2D eigenvalue weighted by atomic mass is 10.2. The van der Waals surface area contributed by atoms with Crippen molar-refractivity contribution in [2.45, 2.75) is 24.8 Å². The summed E-state index contributed by atoms with van der Waals surface area (Å²) in [4.78, 5) is 13.5. The predicted molar refractivity (Wildman–Crippen MR) is 95.2 cm³/mol. The molecule has 1 heterocycles. The van der Waals surface area contributed by atoms with Gasteiger partial charge in [-0.1, -0.05) is 12.1 Å². The van der Waals surface area contributed by atoms with Crippen LogP contribution in [0.25, 0.3) is 0 Å². The topological polar surface area (TPSA) is 75.7 Å². The minimum atomic E-state index is -3.63. The van der Waals surface area contributed by atoms with Crippen LogP contribution in [0.15, 0.2) is 47.4 Å². The van der Waals surface area contributed by atoms with Crippen LogP contribution in [0.1, 0.15) is 18.1 Å². The minimum Gasteiger partial charge on any atom is -0.497 e. The highest BCUT2D eigenvalue weighted by Crippen LogP contribution is 2.30. The summed E-state index contributed by atoms with van der Waals surface area (Å²) < 4.78 is 32.9. The van der Waals surface area contributed by atoms with Gasteiger partial charge in [0.2, 0.25) is 15.9 Å². The molecule has 1 aliphatic heterocycles. The van der Waals surface area contributed by atoms with Crippen LogP contribution >= 0.6 is 0 Å². The number of rotatable bonds is 5. The number of nitrogens with one attached hydrogen (secondary N) is 1. The Morgan fingerprint density at radius 1 is 1.24 bits per heavy atom. The molecule has 2 aromatic carbocycles. The highest BCUT2D eigenvalue weighted by atomic mass is 32.2. The van der Waals surface area contributed by atoms with E-state index >= 15 is 0 Å². The molecule has 0 saturated carbocycles. The zero-order valence-electron chi connectivity index (χ0n) is 14.2. The molecule has 0 unspecified atom stereocenters. The summed E-state index contributed by atoms with van der Waals surface area (Å²) in [7, 11) is -2.06. The van der Waals surface area contributed by atoms with Crippen molar-refractivity contribution >= 4 is 21.6 Å². The number of ether oxygens (including phenoxy) is 1. The molecule has 1 N–H and O–H groups in total. The average molecular weight is 360 g/mol. The summed E-state index contributed by atoms with van der Waals surface area (Å²) in [5.41, 5.74) is 2.48. The van der Waals surface area contributed by atoms with Gasteiger partial charge in [-0.2, -0.15) is 0 Å². The highest BCUT2D eigenvalue weighted by molar-refractivity contribution is 7.89. The number of fused-ring (bicyclic) bond motifs is 1. The molecule has 0 aliphatic carbocycles. The van der Waals surface area contributed by atoms with Gasteiger partial charge in [0.1, 0.15) is 5.75 Å². The Hall–Kier alpha value is -2.38. The number of sulfonamides is 1. The molecular formula is C18H20N2O4S. The zero-order valence-corrected chi connectivity index (χ0v) is 15.0. The first-order valence-corrected chi connectivity index (χ1v) is 9.42. The average Bonchev–Trinajstić information content (AvgIpc) is 3.03. The van der Waals surface area contributed by atoms with Gasteiger partial charge in [0, 0.05) is 25.7 Å². The van der Waals surface area contributed by atoms with E-state index in [0.717, 1.165) is 16.8 Å². The van der Waals surface area contributed by atoms with Gasteiger partial charge in [0.05, 0.1) is 12.0 Å². The van der Waals surface area contributed by atoms with Crippen molar-refractivity contribution < 1.29 is 17.9 Å². The third-order valence-corrected chi connectivity index (χ3v) is 5.64. The first-order chi connectivity index (χ1) is 11.9. The molecule has 6 nitrogen and oxygen atoms in total. The molecule has 2 aromatic rings. The number of methoxy groups -OCH3 is 1. The van der Waals surface area contributed by atoms with E-state index in [9.17, 15) is 13.2 Å². The SMILES string of the molecule is COc1cccc(CNS(=O)(=O)c2ccc3c(c2)CCN3C(C)=O)c1. The lowest BCUT2D eigenvalue weighted by molar-refractivity contribution is -0.116. The van der Waals surface area contributed by atoms with Crippen molar-refractivity contribution in [3.63, 3.8) is 0 Å². The molecule has 1 amide bonds. The minimum absolute atomic E-state index is 0.0366. The predicted octanol–water partition coefficient (Wildman–Crippen LogP) is 2.08. The van der Waals surface area contributed by atoms with Gasteiger partial charge < -0.3 is 9.64 Å². The summed E-state index contributed by atoms with van der Waals surface area (Å²) in [6, 6.07) is 12.1. The molecule has 0 atom stereocenters. The van der Waals surface area contributed by atoms with Crippen molar-refractivity contribution in [3.8, 4) is 5.75 Å². The van der Waals surface area contributed by atoms with Crippen molar-refractivity contribution in [3.05, 3.63) is 53.6 Å². The standard InChI is InChI=1S/C18H20N2O4S/c1-13(21)20-9-8-15-11-17(6-7-18(15)20)25(22,23)19-12-14-4-3-5-16(10-14)24-2/h3-7,10-11,19H,8-9,12H2,1-2H3. The summed E-state index contributed by atoms with van der Waals surface area (Å²) in [6.07, 6.45) is 0.661. The normalized spacial score (nSPS) is 13.6. The fourth-order valence-corrected chi connectivity index (χ4v) is 3.98. The lowest BCUT2D eigenvalue weighted by Crippen LogP contribution is -2.26. The van der Waals surface area contributed by atoms with Crippen molar-refractivity contribution in [2.24, 2.45) is 0 Å². The monoisotopic (exact) mass is 360 g/mol. The Kier molecular flexibility index (Phi) is 4.78. The van der Waals surface area contributed by atoms with Gasteiger partial charge in [-0.15, -0.1) is 0 Å². The van der Waals surface area contributed by atoms with Crippen LogP contribution in [0.4, 0.5) is 5.69 Å². The Morgan fingerprint density at radius 2 is 2.04 bits per heavy atom. The van der Waals surface area contributed by atoms with E-state index in [1.165, 1.54) is 13.0 Å². The molecular weight excluding hydrogens is 340 g/mol. The third-order valence-electron chi connectivity index (χ3n) is 4.24. The van der Waals surface area contributed by atoms with E-state index in [0.29, 0.717) is 18.7 Å². The number of amides is 1. The fraction of sp³-hybridized carbons (Fsp3) is 0.278. The Balaban J connectivity index is 1.78. The first kappa shape index (κ1) is 17.4. The zero-order chi connectivity index (χ0) is 18.0. The number of carbonyl (C=O) groups excluding carboxylic acids is 1. The Labute approximate surface area is 147 Å². The molecule has 0 bridgehead atoms. The molecule has 3 rings (SSSR count). The lowest BCUT2D eigenvalue weighted by Gasteiger charge is -2.15. The van der Waals surface area contributed by atoms with Crippen molar-refractivity contribution in [1.29, 1.82) is 0 Å². The molecule has 0 fully saturated rings. The van der Waals surface area contributed by atoms with Gasteiger partial charge in [0.25, 0.3) is 0 Å². The van der Waals surface area contributed by atoms with E-state index in [1.54, 1.807) is 36.3 Å². The largest absolute Gasteiger partial charge is 0.497 e. The summed E-state index contributed by atoms with van der Waals surface area (Å²) >= 11 is 0. The van der Waals surface area contributed by atoms with E-state index < -0.39 is 10.0 Å². The summed E-state index contributed by atoms with van der Waals surface area (Å²) in [6.45, 7) is 2.27. The number of nitrogens with zero attached hydrogens (tertiary/aromatic N) is 1.